The number of hydrogen-bond donors (Lipinski definition) is 1. The Balaban J connectivity index is 2.16. The molecule has 0 spiro atoms. The first-order valence-corrected chi connectivity index (χ1v) is 5.81. The van der Waals surface area contributed by atoms with Crippen molar-refractivity contribution >= 4 is 0 Å². The van der Waals surface area contributed by atoms with Crippen molar-refractivity contribution in [1.82, 2.24) is 5.32 Å². The molecule has 1 fully saturated rings. The van der Waals surface area contributed by atoms with Gasteiger partial charge in [0, 0.05) is 6.54 Å². The van der Waals surface area contributed by atoms with Crippen LogP contribution in [0, 0.1) is 0 Å². The van der Waals surface area contributed by atoms with Gasteiger partial charge in [-0.3, -0.25) is 0 Å². The molecule has 1 saturated heterocycles. The van der Waals surface area contributed by atoms with Crippen LogP contribution in [0.25, 0.3) is 0 Å². The van der Waals surface area contributed by atoms with Crippen LogP contribution in [0.15, 0.2) is 18.2 Å². The molecule has 17 heavy (non-hydrogen) atoms. The highest BCUT2D eigenvalue weighted by Crippen LogP contribution is 2.30. The van der Waals surface area contributed by atoms with Crippen molar-refractivity contribution in [3.05, 3.63) is 23.8 Å². The summed E-state index contributed by atoms with van der Waals surface area (Å²) in [6.45, 7) is 3.63. The molecule has 0 aliphatic carbocycles. The van der Waals surface area contributed by atoms with Crippen molar-refractivity contribution < 1.29 is 14.2 Å². The molecule has 0 radical (unpaired) electrons. The molecule has 1 N–H and O–H groups in total. The Hall–Kier alpha value is -1.26. The van der Waals surface area contributed by atoms with Crippen molar-refractivity contribution in [3.8, 4) is 11.5 Å². The summed E-state index contributed by atoms with van der Waals surface area (Å²) in [6, 6.07) is 6.19. The summed E-state index contributed by atoms with van der Waals surface area (Å²) in [7, 11) is 3.29. The van der Waals surface area contributed by atoms with Crippen LogP contribution in [-0.4, -0.2) is 33.5 Å². The molecular weight excluding hydrogens is 218 g/mol. The Morgan fingerprint density at radius 2 is 2.00 bits per heavy atom. The molecule has 1 aromatic rings. The van der Waals surface area contributed by atoms with Gasteiger partial charge >= 0.3 is 0 Å². The molecule has 0 saturated carbocycles. The Labute approximate surface area is 102 Å². The van der Waals surface area contributed by atoms with Crippen molar-refractivity contribution in [2.24, 2.45) is 0 Å². The second-order valence-corrected chi connectivity index (χ2v) is 4.22. The van der Waals surface area contributed by atoms with E-state index in [0.717, 1.165) is 23.6 Å². The maximum Gasteiger partial charge on any atom is 0.161 e. The van der Waals surface area contributed by atoms with Gasteiger partial charge in [-0.25, -0.2) is 0 Å². The number of nitrogens with one attached hydrogen (secondary N) is 1. The second-order valence-electron chi connectivity index (χ2n) is 4.22. The van der Waals surface area contributed by atoms with Gasteiger partial charge in [0.2, 0.25) is 0 Å². The number of methoxy groups -OCH3 is 2. The van der Waals surface area contributed by atoms with Crippen molar-refractivity contribution in [2.75, 3.05) is 27.4 Å². The van der Waals surface area contributed by atoms with Crippen molar-refractivity contribution in [1.29, 1.82) is 0 Å². The number of rotatable bonds is 3. The minimum atomic E-state index is 0.228. The first-order chi connectivity index (χ1) is 8.24. The van der Waals surface area contributed by atoms with E-state index in [-0.39, 0.29) is 12.1 Å². The molecule has 4 nitrogen and oxygen atoms in total. The van der Waals surface area contributed by atoms with Crippen LogP contribution in [-0.2, 0) is 4.74 Å². The van der Waals surface area contributed by atoms with E-state index in [1.165, 1.54) is 0 Å². The third-order valence-electron chi connectivity index (χ3n) is 3.01. The SMILES string of the molecule is COc1ccc(C2COC(C)CN2)cc1OC. The van der Waals surface area contributed by atoms with Crippen LogP contribution in [0.1, 0.15) is 18.5 Å². The summed E-state index contributed by atoms with van der Waals surface area (Å²) < 4.78 is 16.2. The van der Waals surface area contributed by atoms with E-state index in [1.54, 1.807) is 14.2 Å². The quantitative estimate of drug-likeness (QED) is 0.869. The van der Waals surface area contributed by atoms with E-state index in [1.807, 2.05) is 18.2 Å². The maximum atomic E-state index is 5.64. The number of hydrogen-bond acceptors (Lipinski definition) is 4. The molecule has 4 heteroatoms. The first kappa shape index (κ1) is 12.2. The smallest absolute Gasteiger partial charge is 0.161 e. The van der Waals surface area contributed by atoms with Crippen LogP contribution in [0.4, 0.5) is 0 Å². The van der Waals surface area contributed by atoms with E-state index >= 15 is 0 Å². The lowest BCUT2D eigenvalue weighted by Crippen LogP contribution is -2.39. The number of ether oxygens (including phenoxy) is 3. The molecule has 1 aliphatic heterocycles. The van der Waals surface area contributed by atoms with Gasteiger partial charge in [-0.2, -0.15) is 0 Å². The minimum absolute atomic E-state index is 0.228. The van der Waals surface area contributed by atoms with E-state index in [2.05, 4.69) is 12.2 Å². The lowest BCUT2D eigenvalue weighted by atomic mass is 10.1. The fraction of sp³-hybridized carbons (Fsp3) is 0.538. The molecular formula is C13H19NO3. The van der Waals surface area contributed by atoms with E-state index in [0.29, 0.717) is 6.61 Å². The molecule has 94 valence electrons. The zero-order valence-corrected chi connectivity index (χ0v) is 10.5. The van der Waals surface area contributed by atoms with Gasteiger partial charge in [-0.1, -0.05) is 6.07 Å². The Kier molecular flexibility index (Phi) is 3.86. The van der Waals surface area contributed by atoms with Gasteiger partial charge in [-0.15, -0.1) is 0 Å². The summed E-state index contributed by atoms with van der Waals surface area (Å²) in [4.78, 5) is 0. The predicted molar refractivity (Wildman–Crippen MR) is 65.7 cm³/mol. The van der Waals surface area contributed by atoms with Crippen LogP contribution in [0.2, 0.25) is 0 Å². The normalized spacial score (nSPS) is 24.4. The van der Waals surface area contributed by atoms with E-state index < -0.39 is 0 Å². The highest BCUT2D eigenvalue weighted by molar-refractivity contribution is 5.43. The summed E-state index contributed by atoms with van der Waals surface area (Å²) >= 11 is 0. The molecule has 2 rings (SSSR count). The standard InChI is InChI=1S/C13H19NO3/c1-9-7-14-11(8-17-9)10-4-5-12(15-2)13(6-10)16-3/h4-6,9,11,14H,7-8H2,1-3H3. The minimum Gasteiger partial charge on any atom is -0.493 e. The Bertz CT molecular complexity index is 373. The summed E-state index contributed by atoms with van der Waals surface area (Å²) in [5.41, 5.74) is 1.16. The van der Waals surface area contributed by atoms with E-state index in [4.69, 9.17) is 14.2 Å². The van der Waals surface area contributed by atoms with E-state index in [9.17, 15) is 0 Å². The van der Waals surface area contributed by atoms with Crippen molar-refractivity contribution in [3.63, 3.8) is 0 Å². The summed E-state index contributed by atoms with van der Waals surface area (Å²) in [5.74, 6) is 1.51. The molecule has 2 unspecified atom stereocenters. The maximum absolute atomic E-state index is 5.64. The fourth-order valence-corrected chi connectivity index (χ4v) is 1.97. The zero-order chi connectivity index (χ0) is 12.3. The third-order valence-corrected chi connectivity index (χ3v) is 3.01. The molecule has 1 aliphatic rings. The highest BCUT2D eigenvalue weighted by atomic mass is 16.5. The third kappa shape index (κ3) is 2.70. The van der Waals surface area contributed by atoms with Gasteiger partial charge < -0.3 is 19.5 Å². The largest absolute Gasteiger partial charge is 0.493 e. The molecule has 1 heterocycles. The van der Waals surface area contributed by atoms with Gasteiger partial charge in [0.15, 0.2) is 11.5 Å². The van der Waals surface area contributed by atoms with Gasteiger partial charge in [0.1, 0.15) is 0 Å². The average molecular weight is 237 g/mol. The van der Waals surface area contributed by atoms with Gasteiger partial charge in [-0.05, 0) is 24.6 Å². The Morgan fingerprint density at radius 1 is 1.24 bits per heavy atom. The summed E-state index contributed by atoms with van der Waals surface area (Å²) in [5, 5.41) is 3.45. The van der Waals surface area contributed by atoms with Crippen LogP contribution < -0.4 is 14.8 Å². The van der Waals surface area contributed by atoms with Crippen LogP contribution >= 0.6 is 0 Å². The van der Waals surface area contributed by atoms with Crippen LogP contribution in [0.5, 0.6) is 11.5 Å². The first-order valence-electron chi connectivity index (χ1n) is 5.81. The predicted octanol–water partition coefficient (Wildman–Crippen LogP) is 1.75. The fourth-order valence-electron chi connectivity index (χ4n) is 1.97. The average Bonchev–Trinajstić information content (AvgIpc) is 2.39. The monoisotopic (exact) mass is 237 g/mol. The molecule has 0 aromatic heterocycles. The number of morpholine rings is 1. The zero-order valence-electron chi connectivity index (χ0n) is 10.5. The van der Waals surface area contributed by atoms with Crippen LogP contribution in [0.3, 0.4) is 0 Å². The summed E-state index contributed by atoms with van der Waals surface area (Å²) in [6.07, 6.45) is 0.284. The van der Waals surface area contributed by atoms with Gasteiger partial charge in [0.25, 0.3) is 0 Å². The lowest BCUT2D eigenvalue weighted by Gasteiger charge is -2.29. The number of benzene rings is 1. The topological polar surface area (TPSA) is 39.7 Å². The second kappa shape index (κ2) is 5.38. The molecule has 1 aromatic carbocycles. The van der Waals surface area contributed by atoms with Crippen molar-refractivity contribution in [2.45, 2.75) is 19.1 Å². The molecule has 0 amide bonds. The molecule has 0 bridgehead atoms. The van der Waals surface area contributed by atoms with Gasteiger partial charge in [0.05, 0.1) is 33.0 Å². The molecule has 2 atom stereocenters. The highest BCUT2D eigenvalue weighted by Gasteiger charge is 2.20. The lowest BCUT2D eigenvalue weighted by molar-refractivity contribution is 0.0149. The Morgan fingerprint density at radius 3 is 2.59 bits per heavy atom.